The number of anilines is 2. The second kappa shape index (κ2) is 11.8. The van der Waals surface area contributed by atoms with Gasteiger partial charge in [-0.3, -0.25) is 19.7 Å². The van der Waals surface area contributed by atoms with Gasteiger partial charge in [0.2, 0.25) is 0 Å². The quantitative estimate of drug-likeness (QED) is 0.272. The van der Waals surface area contributed by atoms with E-state index in [1.54, 1.807) is 30.3 Å². The zero-order chi connectivity index (χ0) is 28.3. The molecule has 12 heteroatoms. The highest BCUT2D eigenvalue weighted by atomic mass is 35.5. The predicted molar refractivity (Wildman–Crippen MR) is 149 cm³/mol. The van der Waals surface area contributed by atoms with Gasteiger partial charge in [-0.25, -0.2) is 9.69 Å². The van der Waals surface area contributed by atoms with Crippen LogP contribution in [0.15, 0.2) is 60.2 Å². The molecular weight excluding hydrogens is 569 g/mol. The molecule has 5 amide bonds. The number of barbiturate groups is 1. The van der Waals surface area contributed by atoms with E-state index in [-0.39, 0.29) is 27.1 Å². The number of benzene rings is 3. The average Bonchev–Trinajstić information content (AvgIpc) is 2.88. The smallest absolute Gasteiger partial charge is 0.335 e. The van der Waals surface area contributed by atoms with Crippen molar-refractivity contribution in [2.75, 3.05) is 23.9 Å². The Hall–Kier alpha value is -4.05. The lowest BCUT2D eigenvalue weighted by Gasteiger charge is -2.26. The molecule has 4 rings (SSSR count). The molecule has 1 heterocycles. The van der Waals surface area contributed by atoms with Crippen molar-refractivity contribution in [2.24, 2.45) is 0 Å². The van der Waals surface area contributed by atoms with Crippen LogP contribution >= 0.6 is 34.8 Å². The van der Waals surface area contributed by atoms with Gasteiger partial charge >= 0.3 is 6.03 Å². The molecule has 1 saturated heterocycles. The van der Waals surface area contributed by atoms with Crippen LogP contribution in [0.2, 0.25) is 15.1 Å². The van der Waals surface area contributed by atoms with Crippen molar-refractivity contribution in [3.63, 3.8) is 0 Å². The zero-order valence-electron chi connectivity index (χ0n) is 20.5. The van der Waals surface area contributed by atoms with Crippen LogP contribution in [0.25, 0.3) is 6.08 Å². The average molecular weight is 589 g/mol. The molecule has 0 aliphatic carbocycles. The predicted octanol–water partition coefficient (Wildman–Crippen LogP) is 5.65. The van der Waals surface area contributed by atoms with Gasteiger partial charge in [0, 0.05) is 10.7 Å². The Labute approximate surface area is 238 Å². The summed E-state index contributed by atoms with van der Waals surface area (Å²) in [5.74, 6) is -1.63. The summed E-state index contributed by atoms with van der Waals surface area (Å²) in [4.78, 5) is 51.2. The molecule has 1 aliphatic heterocycles. The monoisotopic (exact) mass is 587 g/mol. The fourth-order valence-electron chi connectivity index (χ4n) is 3.60. The first-order valence-corrected chi connectivity index (χ1v) is 12.4. The maximum absolute atomic E-state index is 13.1. The Morgan fingerprint density at radius 3 is 2.26 bits per heavy atom. The van der Waals surface area contributed by atoms with Gasteiger partial charge in [-0.15, -0.1) is 0 Å². The van der Waals surface area contributed by atoms with E-state index in [0.29, 0.717) is 22.0 Å². The molecule has 0 atom stereocenters. The fraction of sp³-hybridized carbons (Fsp3) is 0.111. The van der Waals surface area contributed by atoms with Crippen molar-refractivity contribution in [3.05, 3.63) is 86.4 Å². The van der Waals surface area contributed by atoms with Crippen LogP contribution in [0.3, 0.4) is 0 Å². The number of nitrogens with one attached hydrogen (secondary N) is 2. The van der Waals surface area contributed by atoms with Crippen molar-refractivity contribution in [1.29, 1.82) is 0 Å². The highest BCUT2D eigenvalue weighted by Crippen LogP contribution is 2.35. The number of halogens is 3. The molecule has 0 bridgehead atoms. The van der Waals surface area contributed by atoms with E-state index in [1.165, 1.54) is 37.5 Å². The van der Waals surface area contributed by atoms with Crippen LogP contribution in [0.4, 0.5) is 16.2 Å². The van der Waals surface area contributed by atoms with Gasteiger partial charge in [0.25, 0.3) is 17.7 Å². The standard InChI is InChI=1S/C27H20Cl3N3O6/c1-14-3-4-16(12-20(14)28)31-23(34)13-39-24-21(29)10-15(11-22(24)30)9-19-25(35)32-27(37)33(26(19)36)17-5-7-18(38-2)8-6-17/h3-12H,13H2,1-2H3,(H,31,34)(H,32,35,37)/b19-9+. The number of carbonyl (C=O) groups excluding carboxylic acids is 4. The molecule has 2 N–H and O–H groups in total. The van der Waals surface area contributed by atoms with Gasteiger partial charge in [-0.1, -0.05) is 40.9 Å². The molecule has 200 valence electrons. The van der Waals surface area contributed by atoms with Gasteiger partial charge in [0.05, 0.1) is 22.8 Å². The number of methoxy groups -OCH3 is 1. The lowest BCUT2D eigenvalue weighted by Crippen LogP contribution is -2.54. The molecule has 0 radical (unpaired) electrons. The molecule has 1 fully saturated rings. The first kappa shape index (κ1) is 28.0. The number of amides is 5. The van der Waals surface area contributed by atoms with Crippen LogP contribution in [-0.4, -0.2) is 37.5 Å². The number of hydrogen-bond acceptors (Lipinski definition) is 6. The minimum absolute atomic E-state index is 0.0343. The van der Waals surface area contributed by atoms with E-state index in [4.69, 9.17) is 44.3 Å². The number of urea groups is 1. The Kier molecular flexibility index (Phi) is 8.44. The van der Waals surface area contributed by atoms with Gasteiger partial charge in [0.15, 0.2) is 12.4 Å². The summed E-state index contributed by atoms with van der Waals surface area (Å²) in [5, 5.41) is 5.37. The number of aryl methyl sites for hydroxylation is 1. The van der Waals surface area contributed by atoms with Crippen LogP contribution in [0.5, 0.6) is 11.5 Å². The third kappa shape index (κ3) is 6.34. The van der Waals surface area contributed by atoms with E-state index in [9.17, 15) is 19.2 Å². The Morgan fingerprint density at radius 2 is 1.64 bits per heavy atom. The maximum Gasteiger partial charge on any atom is 0.335 e. The highest BCUT2D eigenvalue weighted by molar-refractivity contribution is 6.40. The van der Waals surface area contributed by atoms with Crippen LogP contribution in [-0.2, 0) is 14.4 Å². The topological polar surface area (TPSA) is 114 Å². The Bertz CT molecular complexity index is 1500. The lowest BCUT2D eigenvalue weighted by molar-refractivity contribution is -0.122. The third-order valence-electron chi connectivity index (χ3n) is 5.57. The molecule has 9 nitrogen and oxygen atoms in total. The SMILES string of the molecule is COc1ccc(N2C(=O)NC(=O)/C(=C\c3cc(Cl)c(OCC(=O)Nc4ccc(C)c(Cl)c4)c(Cl)c3)C2=O)cc1. The van der Waals surface area contributed by atoms with Crippen LogP contribution < -0.4 is 25.0 Å². The first-order valence-electron chi connectivity index (χ1n) is 11.3. The first-order chi connectivity index (χ1) is 18.6. The third-order valence-corrected chi connectivity index (χ3v) is 6.54. The number of rotatable bonds is 7. The summed E-state index contributed by atoms with van der Waals surface area (Å²) in [6.07, 6.45) is 1.25. The second-order valence-corrected chi connectivity index (χ2v) is 9.49. The molecule has 0 unspecified atom stereocenters. The fourth-order valence-corrected chi connectivity index (χ4v) is 4.39. The lowest BCUT2D eigenvalue weighted by atomic mass is 10.1. The van der Waals surface area contributed by atoms with Gasteiger partial charge in [0.1, 0.15) is 11.3 Å². The summed E-state index contributed by atoms with van der Waals surface area (Å²) >= 11 is 18.7. The van der Waals surface area contributed by atoms with Crippen molar-refractivity contribution in [2.45, 2.75) is 6.92 Å². The molecule has 3 aromatic rings. The van der Waals surface area contributed by atoms with E-state index >= 15 is 0 Å². The number of imide groups is 2. The largest absolute Gasteiger partial charge is 0.497 e. The van der Waals surface area contributed by atoms with Crippen molar-refractivity contribution < 1.29 is 28.7 Å². The molecule has 0 saturated carbocycles. The number of hydrogen-bond donors (Lipinski definition) is 2. The van der Waals surface area contributed by atoms with E-state index in [2.05, 4.69) is 10.6 Å². The van der Waals surface area contributed by atoms with E-state index in [0.717, 1.165) is 10.5 Å². The minimum atomic E-state index is -0.890. The van der Waals surface area contributed by atoms with Crippen molar-refractivity contribution in [1.82, 2.24) is 5.32 Å². The zero-order valence-corrected chi connectivity index (χ0v) is 22.8. The van der Waals surface area contributed by atoms with Crippen LogP contribution in [0.1, 0.15) is 11.1 Å². The number of carbonyl (C=O) groups is 4. The van der Waals surface area contributed by atoms with Gasteiger partial charge < -0.3 is 14.8 Å². The van der Waals surface area contributed by atoms with E-state index < -0.39 is 30.4 Å². The summed E-state index contributed by atoms with van der Waals surface area (Å²) in [6, 6.07) is 13.2. The summed E-state index contributed by atoms with van der Waals surface area (Å²) in [5.41, 5.74) is 1.58. The van der Waals surface area contributed by atoms with Crippen molar-refractivity contribution >= 4 is 76.0 Å². The molecule has 39 heavy (non-hydrogen) atoms. The number of nitrogens with zero attached hydrogens (tertiary/aromatic N) is 1. The summed E-state index contributed by atoms with van der Waals surface area (Å²) < 4.78 is 10.6. The van der Waals surface area contributed by atoms with Gasteiger partial charge in [-0.05, 0) is 72.7 Å². The second-order valence-electron chi connectivity index (χ2n) is 8.27. The minimum Gasteiger partial charge on any atom is -0.497 e. The van der Waals surface area contributed by atoms with Crippen molar-refractivity contribution in [3.8, 4) is 11.5 Å². The molecular formula is C27H20Cl3N3O6. The molecule has 1 aliphatic rings. The normalized spacial score (nSPS) is 14.3. The van der Waals surface area contributed by atoms with Gasteiger partial charge in [-0.2, -0.15) is 0 Å². The van der Waals surface area contributed by atoms with E-state index in [1.807, 2.05) is 6.92 Å². The summed E-state index contributed by atoms with van der Waals surface area (Å²) in [7, 11) is 1.48. The maximum atomic E-state index is 13.1. The highest BCUT2D eigenvalue weighted by Gasteiger charge is 2.36. The number of ether oxygens (including phenoxy) is 2. The molecule has 0 spiro atoms. The summed E-state index contributed by atoms with van der Waals surface area (Å²) in [6.45, 7) is 1.44. The van der Waals surface area contributed by atoms with Crippen LogP contribution in [0, 0.1) is 6.92 Å². The molecule has 0 aromatic heterocycles. The Balaban J connectivity index is 1.51. The Morgan fingerprint density at radius 1 is 0.974 bits per heavy atom. The molecule has 3 aromatic carbocycles.